The first-order valence-electron chi connectivity index (χ1n) is 6.57. The second-order valence-corrected chi connectivity index (χ2v) is 7.66. The van der Waals surface area contributed by atoms with Crippen LogP contribution in [0.1, 0.15) is 38.5 Å². The quantitative estimate of drug-likeness (QED) is 0.518. The van der Waals surface area contributed by atoms with E-state index in [2.05, 4.69) is 10.8 Å². The molecule has 0 aromatic carbocycles. The molecule has 1 N–H and O–H groups in total. The molecule has 1 aliphatic carbocycles. The molecule has 1 fully saturated rings. The van der Waals surface area contributed by atoms with Crippen molar-refractivity contribution >= 4 is 26.4 Å². The van der Waals surface area contributed by atoms with Gasteiger partial charge in [0.15, 0.2) is 0 Å². The third kappa shape index (κ3) is 3.58. The van der Waals surface area contributed by atoms with Gasteiger partial charge in [-0.2, -0.15) is 9.98 Å². The van der Waals surface area contributed by atoms with Crippen LogP contribution in [0.3, 0.4) is 0 Å². The summed E-state index contributed by atoms with van der Waals surface area (Å²) >= 11 is 0.756. The molecule has 9 heteroatoms. The predicted octanol–water partition coefficient (Wildman–Crippen LogP) is 2.55. The number of rotatable bonds is 4. The molecule has 0 saturated heterocycles. The van der Waals surface area contributed by atoms with Crippen molar-refractivity contribution in [2.75, 3.05) is 0 Å². The first kappa shape index (κ1) is 15.9. The van der Waals surface area contributed by atoms with E-state index < -0.39 is 20.5 Å². The number of thiophene rings is 1. The minimum atomic E-state index is -3.93. The molecule has 0 amide bonds. The van der Waals surface area contributed by atoms with Gasteiger partial charge in [-0.1, -0.05) is 37.0 Å². The summed E-state index contributed by atoms with van der Waals surface area (Å²) < 4.78 is 27.1. The number of hydrogen-bond acceptors (Lipinski definition) is 6. The summed E-state index contributed by atoms with van der Waals surface area (Å²) in [5.41, 5.74) is -1.11. The summed E-state index contributed by atoms with van der Waals surface area (Å²) in [4.78, 5) is 9.86. The summed E-state index contributed by atoms with van der Waals surface area (Å²) in [7, 11) is -3.93. The van der Waals surface area contributed by atoms with E-state index in [0.29, 0.717) is 12.8 Å². The third-order valence-corrected chi connectivity index (χ3v) is 6.10. The van der Waals surface area contributed by atoms with Gasteiger partial charge in [-0.15, -0.1) is 0 Å². The molecule has 0 aliphatic heterocycles. The normalized spacial score (nSPS) is 18.6. The second kappa shape index (κ2) is 6.09. The molecule has 7 nitrogen and oxygen atoms in total. The van der Waals surface area contributed by atoms with Gasteiger partial charge in [0, 0.05) is 11.4 Å². The molecule has 1 heterocycles. The summed E-state index contributed by atoms with van der Waals surface area (Å²) in [6, 6.07) is 3.11. The fourth-order valence-electron chi connectivity index (χ4n) is 2.43. The molecule has 0 unspecified atom stereocenters. The number of nitro groups is 1. The van der Waals surface area contributed by atoms with E-state index in [1.807, 2.05) is 0 Å². The van der Waals surface area contributed by atoms with Gasteiger partial charge >= 0.3 is 5.00 Å². The van der Waals surface area contributed by atoms with Crippen LogP contribution in [0.5, 0.6) is 0 Å². The van der Waals surface area contributed by atoms with Crippen LogP contribution in [-0.2, 0) is 10.0 Å². The number of nitrogens with zero attached hydrogens (tertiary/aromatic N) is 2. The van der Waals surface area contributed by atoms with E-state index in [0.717, 1.165) is 43.1 Å². The van der Waals surface area contributed by atoms with Gasteiger partial charge in [0.2, 0.25) is 10.0 Å². The number of nitriles is 1. The Kier molecular flexibility index (Phi) is 4.61. The summed E-state index contributed by atoms with van der Waals surface area (Å²) in [5.74, 6) is 0. The van der Waals surface area contributed by atoms with Gasteiger partial charge in [-0.05, 0) is 12.8 Å². The molecule has 0 radical (unpaired) electrons. The minimum Gasteiger partial charge on any atom is -0.258 e. The molecule has 0 bridgehead atoms. The minimum absolute atomic E-state index is 0.155. The van der Waals surface area contributed by atoms with Crippen molar-refractivity contribution in [1.82, 2.24) is 4.72 Å². The topological polar surface area (TPSA) is 113 Å². The van der Waals surface area contributed by atoms with Crippen LogP contribution in [0.15, 0.2) is 16.3 Å². The van der Waals surface area contributed by atoms with Crippen LogP contribution in [0.2, 0.25) is 0 Å². The Morgan fingerprint density at radius 2 is 1.95 bits per heavy atom. The van der Waals surface area contributed by atoms with Crippen molar-refractivity contribution in [2.24, 2.45) is 0 Å². The molecule has 1 aliphatic rings. The first-order chi connectivity index (χ1) is 9.88. The Labute approximate surface area is 126 Å². The molecular weight excluding hydrogens is 314 g/mol. The molecule has 1 aromatic rings. The highest BCUT2D eigenvalue weighted by atomic mass is 32.2. The lowest BCUT2D eigenvalue weighted by Gasteiger charge is -2.25. The molecule has 2 rings (SSSR count). The van der Waals surface area contributed by atoms with Crippen LogP contribution in [-0.4, -0.2) is 18.9 Å². The van der Waals surface area contributed by atoms with Gasteiger partial charge in [0.25, 0.3) is 0 Å². The maximum atomic E-state index is 12.3. The Morgan fingerprint density at radius 3 is 2.43 bits per heavy atom. The van der Waals surface area contributed by atoms with Crippen molar-refractivity contribution in [3.8, 4) is 6.07 Å². The van der Waals surface area contributed by atoms with Gasteiger partial charge in [0.05, 0.1) is 15.9 Å². The zero-order chi connectivity index (χ0) is 15.5. The van der Waals surface area contributed by atoms with Crippen LogP contribution in [0, 0.1) is 21.4 Å². The van der Waals surface area contributed by atoms with Crippen molar-refractivity contribution in [3.63, 3.8) is 0 Å². The number of nitrogens with one attached hydrogen (secondary N) is 1. The molecular formula is C12H15N3O4S2. The highest BCUT2D eigenvalue weighted by Gasteiger charge is 2.36. The highest BCUT2D eigenvalue weighted by Crippen LogP contribution is 2.30. The smallest absolute Gasteiger partial charge is 0.258 e. The maximum absolute atomic E-state index is 12.3. The SMILES string of the molecule is N#CC1(NS(=O)(=O)c2csc([N+](=O)[O-])c2)CCCCCC1. The van der Waals surface area contributed by atoms with E-state index in [9.17, 15) is 23.8 Å². The monoisotopic (exact) mass is 329 g/mol. The molecule has 114 valence electrons. The Hall–Kier alpha value is -1.50. The first-order valence-corrected chi connectivity index (χ1v) is 8.93. The fourth-order valence-corrected chi connectivity index (χ4v) is 4.89. The Bertz CT molecular complexity index is 667. The molecule has 1 saturated carbocycles. The molecule has 21 heavy (non-hydrogen) atoms. The second-order valence-electron chi connectivity index (χ2n) is 5.09. The van der Waals surface area contributed by atoms with E-state index in [-0.39, 0.29) is 9.90 Å². The van der Waals surface area contributed by atoms with E-state index in [1.54, 1.807) is 0 Å². The van der Waals surface area contributed by atoms with Crippen LogP contribution in [0.4, 0.5) is 5.00 Å². The molecule has 1 aromatic heterocycles. The average molecular weight is 329 g/mol. The predicted molar refractivity (Wildman–Crippen MR) is 77.3 cm³/mol. The molecule has 0 atom stereocenters. The Morgan fingerprint density at radius 1 is 1.33 bits per heavy atom. The lowest BCUT2D eigenvalue weighted by atomic mass is 9.94. The summed E-state index contributed by atoms with van der Waals surface area (Å²) in [6.45, 7) is 0. The zero-order valence-corrected chi connectivity index (χ0v) is 12.9. The van der Waals surface area contributed by atoms with E-state index in [1.165, 1.54) is 5.38 Å². The van der Waals surface area contributed by atoms with E-state index >= 15 is 0 Å². The summed E-state index contributed by atoms with van der Waals surface area (Å²) in [5, 5.41) is 21.0. The maximum Gasteiger partial charge on any atom is 0.325 e. The van der Waals surface area contributed by atoms with Gasteiger partial charge in [-0.3, -0.25) is 10.1 Å². The average Bonchev–Trinajstić information content (AvgIpc) is 2.83. The molecule has 0 spiro atoms. The van der Waals surface area contributed by atoms with Gasteiger partial charge in [-0.25, -0.2) is 8.42 Å². The van der Waals surface area contributed by atoms with Crippen molar-refractivity contribution in [1.29, 1.82) is 5.26 Å². The van der Waals surface area contributed by atoms with Crippen LogP contribution >= 0.6 is 11.3 Å². The lowest BCUT2D eigenvalue weighted by molar-refractivity contribution is -0.380. The van der Waals surface area contributed by atoms with E-state index in [4.69, 9.17) is 0 Å². The lowest BCUT2D eigenvalue weighted by Crippen LogP contribution is -2.46. The van der Waals surface area contributed by atoms with Crippen LogP contribution in [0.25, 0.3) is 0 Å². The third-order valence-electron chi connectivity index (χ3n) is 3.55. The van der Waals surface area contributed by atoms with Gasteiger partial charge in [0.1, 0.15) is 5.54 Å². The van der Waals surface area contributed by atoms with Crippen molar-refractivity contribution in [3.05, 3.63) is 21.6 Å². The van der Waals surface area contributed by atoms with Crippen molar-refractivity contribution in [2.45, 2.75) is 49.0 Å². The summed E-state index contributed by atoms with van der Waals surface area (Å²) in [6.07, 6.45) is 4.48. The van der Waals surface area contributed by atoms with Crippen LogP contribution < -0.4 is 4.72 Å². The van der Waals surface area contributed by atoms with Crippen molar-refractivity contribution < 1.29 is 13.3 Å². The highest BCUT2D eigenvalue weighted by molar-refractivity contribution is 7.89. The fraction of sp³-hybridized carbons (Fsp3) is 0.583. The van der Waals surface area contributed by atoms with Gasteiger partial charge < -0.3 is 0 Å². The Balaban J connectivity index is 2.26. The number of sulfonamides is 1. The largest absolute Gasteiger partial charge is 0.325 e. The number of hydrogen-bond donors (Lipinski definition) is 1. The standard InChI is InChI=1S/C12H15N3O4S2/c13-9-12(5-3-1-2-4-6-12)14-21(18,19)10-7-11(15(16)17)20-8-10/h7-8,14H,1-6H2. The zero-order valence-electron chi connectivity index (χ0n) is 11.2.